The van der Waals surface area contributed by atoms with E-state index < -0.39 is 0 Å². The van der Waals surface area contributed by atoms with Crippen molar-refractivity contribution in [1.82, 2.24) is 25.0 Å². The van der Waals surface area contributed by atoms with Crippen molar-refractivity contribution in [2.45, 2.75) is 62.7 Å². The van der Waals surface area contributed by atoms with Crippen molar-refractivity contribution in [1.29, 1.82) is 0 Å². The predicted octanol–water partition coefficient (Wildman–Crippen LogP) is 2.64. The monoisotopic (exact) mass is 343 g/mol. The zero-order valence-electron chi connectivity index (χ0n) is 14.6. The Morgan fingerprint density at radius 2 is 2.12 bits per heavy atom. The molecule has 2 aliphatic carbocycles. The fourth-order valence-electron chi connectivity index (χ4n) is 3.76. The summed E-state index contributed by atoms with van der Waals surface area (Å²) < 4.78 is 13.7. The van der Waals surface area contributed by atoms with Gasteiger partial charge in [-0.25, -0.2) is 4.98 Å². The second kappa shape index (κ2) is 6.21. The summed E-state index contributed by atoms with van der Waals surface area (Å²) in [6.07, 6.45) is 11.0. The summed E-state index contributed by atoms with van der Waals surface area (Å²) in [7, 11) is 2.06. The Balaban J connectivity index is 1.18. The highest BCUT2D eigenvalue weighted by molar-refractivity contribution is 5.06. The van der Waals surface area contributed by atoms with Gasteiger partial charge in [-0.3, -0.25) is 0 Å². The Morgan fingerprint density at radius 3 is 2.84 bits per heavy atom. The van der Waals surface area contributed by atoms with Gasteiger partial charge in [0, 0.05) is 31.9 Å². The minimum absolute atomic E-state index is 0.0423. The van der Waals surface area contributed by atoms with Gasteiger partial charge in [0.15, 0.2) is 5.82 Å². The summed E-state index contributed by atoms with van der Waals surface area (Å²) in [6, 6.07) is 0.326. The number of aryl methyl sites for hydroxylation is 1. The van der Waals surface area contributed by atoms with Crippen molar-refractivity contribution in [2.24, 2.45) is 13.0 Å². The van der Waals surface area contributed by atoms with E-state index in [9.17, 15) is 0 Å². The highest BCUT2D eigenvalue weighted by atomic mass is 16.5. The lowest BCUT2D eigenvalue weighted by atomic mass is 10.1. The molecule has 3 aliphatic rings. The third kappa shape index (κ3) is 3.22. The van der Waals surface area contributed by atoms with Gasteiger partial charge in [0.05, 0.1) is 12.1 Å². The molecule has 2 aromatic heterocycles. The Kier molecular flexibility index (Phi) is 3.86. The van der Waals surface area contributed by atoms with Crippen LogP contribution in [0.2, 0.25) is 0 Å². The molecule has 0 radical (unpaired) electrons. The van der Waals surface area contributed by atoms with E-state index in [1.165, 1.54) is 25.7 Å². The molecule has 0 amide bonds. The lowest BCUT2D eigenvalue weighted by molar-refractivity contribution is 0.0247. The van der Waals surface area contributed by atoms with Crippen LogP contribution in [0.5, 0.6) is 0 Å². The number of hydrogen-bond donors (Lipinski definition) is 1. The van der Waals surface area contributed by atoms with Crippen molar-refractivity contribution < 1.29 is 9.26 Å². The van der Waals surface area contributed by atoms with Crippen LogP contribution in [-0.4, -0.2) is 32.3 Å². The normalized spacial score (nSPS) is 27.7. The molecule has 1 N–H and O–H groups in total. The van der Waals surface area contributed by atoms with E-state index in [2.05, 4.69) is 32.1 Å². The largest absolute Gasteiger partial charge is 0.364 e. The summed E-state index contributed by atoms with van der Waals surface area (Å²) in [4.78, 5) is 9.07. The first-order valence-electron chi connectivity index (χ1n) is 9.47. The van der Waals surface area contributed by atoms with Crippen LogP contribution in [-0.2, 0) is 11.8 Å². The maximum atomic E-state index is 6.17. The van der Waals surface area contributed by atoms with Gasteiger partial charge in [-0.1, -0.05) is 5.16 Å². The molecule has 1 aliphatic heterocycles. The average molecular weight is 343 g/mol. The number of aromatic nitrogens is 4. The molecule has 7 nitrogen and oxygen atoms in total. The molecule has 3 heterocycles. The molecule has 3 atom stereocenters. The molecule has 0 aromatic carbocycles. The van der Waals surface area contributed by atoms with Gasteiger partial charge in [-0.2, -0.15) is 4.98 Å². The highest BCUT2D eigenvalue weighted by Crippen LogP contribution is 2.41. The van der Waals surface area contributed by atoms with Crippen LogP contribution in [0.1, 0.15) is 74.1 Å². The van der Waals surface area contributed by atoms with E-state index in [-0.39, 0.29) is 12.2 Å². The molecule has 134 valence electrons. The van der Waals surface area contributed by atoms with E-state index in [0.29, 0.717) is 23.8 Å². The first kappa shape index (κ1) is 15.5. The maximum Gasteiger partial charge on any atom is 0.255 e. The van der Waals surface area contributed by atoms with Crippen molar-refractivity contribution in [3.63, 3.8) is 0 Å². The molecule has 0 spiro atoms. The van der Waals surface area contributed by atoms with Gasteiger partial charge in [0.25, 0.3) is 5.89 Å². The number of nitrogens with one attached hydrogen (secondary N) is 1. The van der Waals surface area contributed by atoms with Gasteiger partial charge in [0.2, 0.25) is 0 Å². The molecule has 25 heavy (non-hydrogen) atoms. The van der Waals surface area contributed by atoms with Crippen LogP contribution in [0.25, 0.3) is 0 Å². The fraction of sp³-hybridized carbons (Fsp3) is 0.722. The topological polar surface area (TPSA) is 78.0 Å². The minimum Gasteiger partial charge on any atom is -0.364 e. The molecule has 0 bridgehead atoms. The van der Waals surface area contributed by atoms with Crippen molar-refractivity contribution in [3.05, 3.63) is 29.9 Å². The van der Waals surface area contributed by atoms with E-state index in [1.54, 1.807) is 0 Å². The van der Waals surface area contributed by atoms with Gasteiger partial charge in [-0.05, 0) is 44.4 Å². The number of hydrogen-bond acceptors (Lipinski definition) is 6. The summed E-state index contributed by atoms with van der Waals surface area (Å²) in [5.41, 5.74) is 0. The summed E-state index contributed by atoms with van der Waals surface area (Å²) in [5, 5.41) is 7.80. The Morgan fingerprint density at radius 1 is 1.24 bits per heavy atom. The van der Waals surface area contributed by atoms with Gasteiger partial charge in [-0.15, -0.1) is 0 Å². The standard InChI is InChI=1S/C18H25N5O2/c1-23-9-8-19-17(23)15(11-2-3-11)20-10-13-6-7-14(24-13)18-21-16(22-25-18)12-4-5-12/h8-9,11-15,20H,2-7,10H2,1H3/t13-,14+,15?/m1/s1. The summed E-state index contributed by atoms with van der Waals surface area (Å²) in [6.45, 7) is 0.841. The van der Waals surface area contributed by atoms with Gasteiger partial charge in [0.1, 0.15) is 11.9 Å². The third-order valence-electron chi connectivity index (χ3n) is 5.58. The summed E-state index contributed by atoms with van der Waals surface area (Å²) >= 11 is 0. The van der Waals surface area contributed by atoms with Crippen LogP contribution < -0.4 is 5.32 Å². The minimum atomic E-state index is -0.0423. The molecule has 1 saturated heterocycles. The van der Waals surface area contributed by atoms with Crippen LogP contribution in [0.15, 0.2) is 16.9 Å². The lowest BCUT2D eigenvalue weighted by Gasteiger charge is -2.20. The Bertz CT molecular complexity index is 733. The van der Waals surface area contributed by atoms with Crippen molar-refractivity contribution in [2.75, 3.05) is 6.54 Å². The molecule has 5 rings (SSSR count). The molecule has 3 fully saturated rings. The van der Waals surface area contributed by atoms with Crippen LogP contribution in [0, 0.1) is 5.92 Å². The maximum absolute atomic E-state index is 6.17. The number of rotatable bonds is 7. The second-order valence-electron chi connectivity index (χ2n) is 7.71. The molecule has 1 unspecified atom stereocenters. The van der Waals surface area contributed by atoms with E-state index in [0.717, 1.165) is 31.0 Å². The van der Waals surface area contributed by atoms with Crippen molar-refractivity contribution >= 4 is 0 Å². The SMILES string of the molecule is Cn1ccnc1C(NC[C@H]1CC[C@@H](c2nc(C3CC3)no2)O1)C1CC1. The summed E-state index contributed by atoms with van der Waals surface area (Å²) in [5.74, 6) is 3.88. The van der Waals surface area contributed by atoms with Gasteiger partial charge >= 0.3 is 0 Å². The molecule has 7 heteroatoms. The van der Waals surface area contributed by atoms with E-state index in [1.807, 2.05) is 12.4 Å². The molecular weight excluding hydrogens is 318 g/mol. The molecule has 2 saturated carbocycles. The quantitative estimate of drug-likeness (QED) is 0.833. The number of nitrogens with zero attached hydrogens (tertiary/aromatic N) is 4. The zero-order valence-corrected chi connectivity index (χ0v) is 14.6. The van der Waals surface area contributed by atoms with E-state index >= 15 is 0 Å². The number of imidazole rings is 1. The number of ether oxygens (including phenoxy) is 1. The van der Waals surface area contributed by atoms with Crippen LogP contribution >= 0.6 is 0 Å². The Labute approximate surface area is 147 Å². The average Bonchev–Trinajstić information content (AvgIpc) is 3.49. The van der Waals surface area contributed by atoms with Crippen LogP contribution in [0.3, 0.4) is 0 Å². The fourth-order valence-corrected chi connectivity index (χ4v) is 3.76. The van der Waals surface area contributed by atoms with E-state index in [4.69, 9.17) is 9.26 Å². The van der Waals surface area contributed by atoms with Gasteiger partial charge < -0.3 is 19.1 Å². The molecular formula is C18H25N5O2. The lowest BCUT2D eigenvalue weighted by Crippen LogP contribution is -2.32. The predicted molar refractivity (Wildman–Crippen MR) is 89.8 cm³/mol. The van der Waals surface area contributed by atoms with Crippen molar-refractivity contribution in [3.8, 4) is 0 Å². The van der Waals surface area contributed by atoms with Crippen LogP contribution in [0.4, 0.5) is 0 Å². The smallest absolute Gasteiger partial charge is 0.255 e. The first-order valence-corrected chi connectivity index (χ1v) is 9.47. The first-order chi connectivity index (χ1) is 12.3. The third-order valence-corrected chi connectivity index (χ3v) is 5.58. The Hall–Kier alpha value is -1.73. The zero-order chi connectivity index (χ0) is 16.8. The molecule has 2 aromatic rings. The highest BCUT2D eigenvalue weighted by Gasteiger charge is 2.37. The second-order valence-corrected chi connectivity index (χ2v) is 7.71.